The van der Waals surface area contributed by atoms with Gasteiger partial charge in [0.05, 0.1) is 29.9 Å². The van der Waals surface area contributed by atoms with Gasteiger partial charge in [-0.15, -0.1) is 0 Å². The van der Waals surface area contributed by atoms with Gasteiger partial charge in [-0.25, -0.2) is 17.9 Å². The van der Waals surface area contributed by atoms with Crippen molar-refractivity contribution in [2.24, 2.45) is 0 Å². The molecule has 2 fully saturated rings. The molecule has 1 atom stereocenters. The number of carbonyl (C=O) groups is 1. The summed E-state index contributed by atoms with van der Waals surface area (Å²) in [5.74, 6) is -1.33. The summed E-state index contributed by atoms with van der Waals surface area (Å²) in [4.78, 5) is 13.3. The molecule has 33 heavy (non-hydrogen) atoms. The molecule has 0 radical (unpaired) electrons. The highest BCUT2D eigenvalue weighted by molar-refractivity contribution is 7.91. The van der Waals surface area contributed by atoms with Crippen LogP contribution in [0.2, 0.25) is 0 Å². The number of nitrogens with zero attached hydrogens (tertiary/aromatic N) is 2. The zero-order valence-corrected chi connectivity index (χ0v) is 18.9. The fourth-order valence-corrected chi connectivity index (χ4v) is 5.81. The molecule has 4 rings (SSSR count). The van der Waals surface area contributed by atoms with E-state index in [1.807, 2.05) is 4.90 Å². The summed E-state index contributed by atoms with van der Waals surface area (Å²) in [6.07, 6.45) is 1.51. The van der Waals surface area contributed by atoms with Gasteiger partial charge in [0.25, 0.3) is 0 Å². The minimum absolute atomic E-state index is 0.0861. The van der Waals surface area contributed by atoms with Crippen LogP contribution < -0.4 is 0 Å². The Balaban J connectivity index is 1.43. The van der Waals surface area contributed by atoms with Gasteiger partial charge in [-0.1, -0.05) is 24.3 Å². The van der Waals surface area contributed by atoms with E-state index in [2.05, 4.69) is 0 Å². The number of likely N-dealkylation sites (tertiary alicyclic amines) is 1. The minimum atomic E-state index is -3.79. The van der Waals surface area contributed by atoms with E-state index < -0.39 is 27.4 Å². The molecule has 2 saturated heterocycles. The monoisotopic (exact) mass is 478 g/mol. The predicted octanol–water partition coefficient (Wildman–Crippen LogP) is 2.32. The smallest absolute Gasteiger partial charge is 0.233 e. The Morgan fingerprint density at radius 2 is 1.58 bits per heavy atom. The van der Waals surface area contributed by atoms with Crippen molar-refractivity contribution >= 4 is 16.2 Å². The van der Waals surface area contributed by atoms with Crippen molar-refractivity contribution in [3.63, 3.8) is 0 Å². The van der Waals surface area contributed by atoms with Gasteiger partial charge in [0.2, 0.25) is 6.41 Å². The van der Waals surface area contributed by atoms with E-state index in [1.54, 1.807) is 24.3 Å². The Morgan fingerprint density at radius 3 is 2.12 bits per heavy atom. The summed E-state index contributed by atoms with van der Waals surface area (Å²) < 4.78 is 50.6. The average molecular weight is 479 g/mol. The second-order valence-electron chi connectivity index (χ2n) is 8.36. The molecule has 2 aliphatic heterocycles. The van der Waals surface area contributed by atoms with Crippen molar-refractivity contribution in [1.82, 2.24) is 9.96 Å². The second kappa shape index (κ2) is 9.86. The lowest BCUT2D eigenvalue weighted by molar-refractivity contribution is -0.189. The number of ether oxygens (including phenoxy) is 2. The topological polar surface area (TPSA) is 96.4 Å². The van der Waals surface area contributed by atoms with Gasteiger partial charge in [-0.05, 0) is 35.4 Å². The van der Waals surface area contributed by atoms with Gasteiger partial charge in [0.15, 0.2) is 15.6 Å². The van der Waals surface area contributed by atoms with Gasteiger partial charge in [-0.3, -0.25) is 10.0 Å². The van der Waals surface area contributed by atoms with Gasteiger partial charge in [0.1, 0.15) is 5.82 Å². The van der Waals surface area contributed by atoms with Crippen molar-refractivity contribution in [1.29, 1.82) is 0 Å². The molecule has 1 unspecified atom stereocenters. The molecule has 2 aromatic rings. The molecule has 1 amide bonds. The van der Waals surface area contributed by atoms with Crippen LogP contribution in [0, 0.1) is 5.82 Å². The van der Waals surface area contributed by atoms with Crippen LogP contribution in [0.4, 0.5) is 4.39 Å². The summed E-state index contributed by atoms with van der Waals surface area (Å²) in [5.41, 5.74) is 1.51. The molecule has 0 aromatic heterocycles. The highest BCUT2D eigenvalue weighted by Crippen LogP contribution is 2.31. The standard InChI is InChI=1S/C23H27FN2O6S/c24-20-5-1-18(2-6-20)19-3-7-22(8-4-19)33(29,30)16-21(26(28)17-27)15-25-11-9-23(10-12-25)31-13-14-32-23/h1-8,17,21,28H,9-16H2. The van der Waals surface area contributed by atoms with Crippen LogP contribution in [-0.4, -0.2) is 80.4 Å². The van der Waals surface area contributed by atoms with Crippen LogP contribution in [0.25, 0.3) is 11.1 Å². The Hall–Kier alpha value is -2.37. The highest BCUT2D eigenvalue weighted by Gasteiger charge is 2.40. The molecule has 2 aliphatic rings. The van der Waals surface area contributed by atoms with Crippen LogP contribution in [-0.2, 0) is 24.1 Å². The number of hydrogen-bond donors (Lipinski definition) is 1. The van der Waals surface area contributed by atoms with Crippen LogP contribution in [0.5, 0.6) is 0 Å². The number of amides is 1. The first-order valence-corrected chi connectivity index (χ1v) is 12.5. The maximum Gasteiger partial charge on any atom is 0.233 e. The molecule has 10 heteroatoms. The number of rotatable bonds is 8. The van der Waals surface area contributed by atoms with Crippen LogP contribution in [0.15, 0.2) is 53.4 Å². The zero-order valence-electron chi connectivity index (χ0n) is 18.1. The summed E-state index contributed by atoms with van der Waals surface area (Å²) in [6, 6.07) is 11.2. The van der Waals surface area contributed by atoms with Crippen LogP contribution in [0.3, 0.4) is 0 Å². The van der Waals surface area contributed by atoms with Crippen molar-refractivity contribution in [2.45, 2.75) is 29.6 Å². The lowest BCUT2D eigenvalue weighted by Gasteiger charge is -2.39. The lowest BCUT2D eigenvalue weighted by atomic mass is 10.0. The van der Waals surface area contributed by atoms with E-state index in [-0.39, 0.29) is 23.7 Å². The third-order valence-corrected chi connectivity index (χ3v) is 8.00. The van der Waals surface area contributed by atoms with Gasteiger partial charge < -0.3 is 14.4 Å². The molecule has 2 aromatic carbocycles. The lowest BCUT2D eigenvalue weighted by Crippen LogP contribution is -2.51. The Bertz CT molecular complexity index is 1050. The second-order valence-corrected chi connectivity index (χ2v) is 10.4. The van der Waals surface area contributed by atoms with Crippen molar-refractivity contribution < 1.29 is 32.3 Å². The first-order chi connectivity index (χ1) is 15.8. The third kappa shape index (κ3) is 5.59. The average Bonchev–Trinajstić information content (AvgIpc) is 3.28. The highest BCUT2D eigenvalue weighted by atomic mass is 32.2. The van der Waals surface area contributed by atoms with Crippen LogP contribution in [0.1, 0.15) is 12.8 Å². The molecule has 0 saturated carbocycles. The molecule has 178 valence electrons. The maximum absolute atomic E-state index is 13.1. The van der Waals surface area contributed by atoms with E-state index in [4.69, 9.17) is 9.47 Å². The molecule has 1 N–H and O–H groups in total. The fraction of sp³-hybridized carbons (Fsp3) is 0.435. The number of sulfone groups is 1. The number of halogens is 1. The molecule has 2 heterocycles. The molecule has 0 bridgehead atoms. The fourth-order valence-electron chi connectivity index (χ4n) is 4.31. The van der Waals surface area contributed by atoms with E-state index in [1.165, 1.54) is 24.3 Å². The summed E-state index contributed by atoms with van der Waals surface area (Å²) in [7, 11) is -3.79. The summed E-state index contributed by atoms with van der Waals surface area (Å²) in [6.45, 7) is 2.55. The van der Waals surface area contributed by atoms with Gasteiger partial charge in [0, 0.05) is 32.5 Å². The van der Waals surface area contributed by atoms with Crippen LogP contribution >= 0.6 is 0 Å². The van der Waals surface area contributed by atoms with Gasteiger partial charge >= 0.3 is 0 Å². The SMILES string of the molecule is O=CN(O)C(CN1CCC2(CC1)OCCO2)CS(=O)(=O)c1ccc(-c2ccc(F)cc2)cc1. The zero-order chi connectivity index (χ0) is 23.5. The van der Waals surface area contributed by atoms with E-state index in [0.29, 0.717) is 44.2 Å². The Labute approximate surface area is 192 Å². The molecule has 0 aliphatic carbocycles. The first-order valence-electron chi connectivity index (χ1n) is 10.8. The third-order valence-electron chi connectivity index (χ3n) is 6.19. The minimum Gasteiger partial charge on any atom is -0.347 e. The maximum atomic E-state index is 13.1. The first kappa shape index (κ1) is 23.8. The Morgan fingerprint density at radius 1 is 1.03 bits per heavy atom. The van der Waals surface area contributed by atoms with E-state index in [0.717, 1.165) is 11.1 Å². The summed E-state index contributed by atoms with van der Waals surface area (Å²) >= 11 is 0. The number of piperidine rings is 1. The molecule has 1 spiro atoms. The number of hydrogen-bond acceptors (Lipinski definition) is 7. The molecular weight excluding hydrogens is 451 g/mol. The quantitative estimate of drug-likeness (QED) is 0.353. The predicted molar refractivity (Wildman–Crippen MR) is 118 cm³/mol. The molecule has 8 nitrogen and oxygen atoms in total. The number of benzene rings is 2. The number of hydroxylamine groups is 2. The van der Waals surface area contributed by atoms with Gasteiger partial charge in [-0.2, -0.15) is 0 Å². The van der Waals surface area contributed by atoms with Crippen molar-refractivity contribution in [2.75, 3.05) is 38.6 Å². The Kier molecular flexibility index (Phi) is 7.10. The van der Waals surface area contributed by atoms with Crippen molar-refractivity contribution in [3.8, 4) is 11.1 Å². The van der Waals surface area contributed by atoms with E-state index in [9.17, 15) is 22.8 Å². The summed E-state index contributed by atoms with van der Waals surface area (Å²) in [5, 5.41) is 10.5. The molecular formula is C23H27FN2O6S. The van der Waals surface area contributed by atoms with E-state index >= 15 is 0 Å². The normalized spacial score (nSPS) is 19.5. The van der Waals surface area contributed by atoms with Crippen molar-refractivity contribution in [3.05, 3.63) is 54.3 Å². The largest absolute Gasteiger partial charge is 0.347 e. The number of carbonyl (C=O) groups excluding carboxylic acids is 1.